The molecule has 5 nitrogen and oxygen atoms in total. The van der Waals surface area contributed by atoms with Gasteiger partial charge in [-0.1, -0.05) is 0 Å². The number of hydrogen-bond donors (Lipinski definition) is 1. The number of aryl methyl sites for hydroxylation is 1. The Balaban J connectivity index is 2.89. The number of methoxy groups -OCH3 is 1. The molecule has 0 aliphatic heterocycles. The van der Waals surface area contributed by atoms with Crippen molar-refractivity contribution in [2.75, 3.05) is 12.4 Å². The number of rotatable bonds is 2. The maximum atomic E-state index is 10.7. The zero-order valence-electron chi connectivity index (χ0n) is 7.29. The van der Waals surface area contributed by atoms with Crippen LogP contribution in [0.15, 0.2) is 6.20 Å². The Bertz CT molecular complexity index is 293. The number of amides is 1. The largest absolute Gasteiger partial charge is 0.478 e. The van der Waals surface area contributed by atoms with Gasteiger partial charge in [0.15, 0.2) is 0 Å². The van der Waals surface area contributed by atoms with E-state index in [4.69, 9.17) is 4.74 Å². The third-order valence-electron chi connectivity index (χ3n) is 1.30. The number of hydrogen-bond acceptors (Lipinski definition) is 3. The Morgan fingerprint density at radius 3 is 2.92 bits per heavy atom. The van der Waals surface area contributed by atoms with Gasteiger partial charge in [0.1, 0.15) is 5.69 Å². The van der Waals surface area contributed by atoms with Gasteiger partial charge in [-0.05, 0) is 0 Å². The second-order valence-corrected chi connectivity index (χ2v) is 2.41. The van der Waals surface area contributed by atoms with E-state index >= 15 is 0 Å². The van der Waals surface area contributed by atoms with Crippen LogP contribution in [0.1, 0.15) is 6.92 Å². The molecule has 0 atom stereocenters. The van der Waals surface area contributed by atoms with Crippen molar-refractivity contribution < 1.29 is 9.53 Å². The smallest absolute Gasteiger partial charge is 0.256 e. The van der Waals surface area contributed by atoms with E-state index in [1.807, 2.05) is 0 Å². The van der Waals surface area contributed by atoms with Gasteiger partial charge >= 0.3 is 0 Å². The molecule has 1 N–H and O–H groups in total. The Morgan fingerprint density at radius 1 is 1.75 bits per heavy atom. The van der Waals surface area contributed by atoms with Gasteiger partial charge in [-0.2, -0.15) is 0 Å². The second-order valence-electron chi connectivity index (χ2n) is 2.41. The van der Waals surface area contributed by atoms with Gasteiger partial charge in [0.25, 0.3) is 5.88 Å². The topological polar surface area (TPSA) is 56.1 Å². The third kappa shape index (κ3) is 1.75. The fourth-order valence-corrected chi connectivity index (χ4v) is 0.894. The molecule has 0 saturated heterocycles. The summed E-state index contributed by atoms with van der Waals surface area (Å²) in [5.41, 5.74) is 0.590. The highest BCUT2D eigenvalue weighted by atomic mass is 16.5. The summed E-state index contributed by atoms with van der Waals surface area (Å²) in [6.45, 7) is 1.44. The van der Waals surface area contributed by atoms with E-state index in [0.29, 0.717) is 11.6 Å². The SMILES string of the molecule is COc1nn(C)cc1NC(C)=O. The molecule has 12 heavy (non-hydrogen) atoms. The Kier molecular flexibility index (Phi) is 2.32. The Morgan fingerprint density at radius 2 is 2.42 bits per heavy atom. The maximum Gasteiger partial charge on any atom is 0.256 e. The highest BCUT2D eigenvalue weighted by Crippen LogP contribution is 2.20. The molecule has 0 bridgehead atoms. The predicted octanol–water partition coefficient (Wildman–Crippen LogP) is 0.387. The number of carbonyl (C=O) groups is 1. The highest BCUT2D eigenvalue weighted by molar-refractivity contribution is 5.89. The molecule has 5 heteroatoms. The lowest BCUT2D eigenvalue weighted by Crippen LogP contribution is -2.05. The number of ether oxygens (including phenoxy) is 1. The van der Waals surface area contributed by atoms with E-state index in [1.165, 1.54) is 14.0 Å². The van der Waals surface area contributed by atoms with Crippen LogP contribution in [0, 0.1) is 0 Å². The van der Waals surface area contributed by atoms with Crippen molar-refractivity contribution in [2.45, 2.75) is 6.92 Å². The molecule has 0 aliphatic rings. The van der Waals surface area contributed by atoms with Crippen LogP contribution in [0.5, 0.6) is 5.88 Å². The molecular formula is C7H11N3O2. The quantitative estimate of drug-likeness (QED) is 0.696. The summed E-state index contributed by atoms with van der Waals surface area (Å²) >= 11 is 0. The van der Waals surface area contributed by atoms with Gasteiger partial charge in [-0.15, -0.1) is 5.10 Å². The average Bonchev–Trinajstić information content (AvgIpc) is 2.29. The summed E-state index contributed by atoms with van der Waals surface area (Å²) in [5, 5.41) is 6.56. The van der Waals surface area contributed by atoms with Gasteiger partial charge in [-0.3, -0.25) is 9.48 Å². The lowest BCUT2D eigenvalue weighted by Gasteiger charge is -1.98. The van der Waals surface area contributed by atoms with Gasteiger partial charge in [0.05, 0.1) is 13.3 Å². The molecule has 1 rings (SSSR count). The second kappa shape index (κ2) is 3.25. The number of aromatic nitrogens is 2. The molecule has 0 saturated carbocycles. The Labute approximate surface area is 70.3 Å². The molecule has 0 radical (unpaired) electrons. The van der Waals surface area contributed by atoms with Crippen LogP contribution in [-0.2, 0) is 11.8 Å². The van der Waals surface area contributed by atoms with E-state index < -0.39 is 0 Å². The van der Waals surface area contributed by atoms with Gasteiger partial charge < -0.3 is 10.1 Å². The molecule has 1 aromatic heterocycles. The summed E-state index contributed by atoms with van der Waals surface area (Å²) in [7, 11) is 3.27. The van der Waals surface area contributed by atoms with E-state index in [-0.39, 0.29) is 5.91 Å². The van der Waals surface area contributed by atoms with Crippen molar-refractivity contribution in [2.24, 2.45) is 7.05 Å². The van der Waals surface area contributed by atoms with Crippen LogP contribution in [0.25, 0.3) is 0 Å². The van der Waals surface area contributed by atoms with Crippen LogP contribution >= 0.6 is 0 Å². The highest BCUT2D eigenvalue weighted by Gasteiger charge is 2.07. The summed E-state index contributed by atoms with van der Waals surface area (Å²) in [6, 6.07) is 0. The van der Waals surface area contributed by atoms with Crippen LogP contribution in [0.4, 0.5) is 5.69 Å². The minimum atomic E-state index is -0.138. The molecule has 1 amide bonds. The van der Waals surface area contributed by atoms with Crippen molar-refractivity contribution in [3.8, 4) is 5.88 Å². The Hall–Kier alpha value is -1.52. The monoisotopic (exact) mass is 169 g/mol. The molecule has 66 valence electrons. The molecule has 0 unspecified atom stereocenters. The number of nitrogens with zero attached hydrogens (tertiary/aromatic N) is 2. The lowest BCUT2D eigenvalue weighted by molar-refractivity contribution is -0.114. The first-order valence-corrected chi connectivity index (χ1v) is 3.48. The van der Waals surface area contributed by atoms with Crippen molar-refractivity contribution in [3.05, 3.63) is 6.20 Å². The molecular weight excluding hydrogens is 158 g/mol. The molecule has 0 spiro atoms. The predicted molar refractivity (Wildman–Crippen MR) is 44.1 cm³/mol. The normalized spacial score (nSPS) is 9.58. The molecule has 0 fully saturated rings. The van der Waals surface area contributed by atoms with Gasteiger partial charge in [0.2, 0.25) is 5.91 Å². The number of anilines is 1. The first-order valence-electron chi connectivity index (χ1n) is 3.48. The van der Waals surface area contributed by atoms with Crippen molar-refractivity contribution in [1.29, 1.82) is 0 Å². The van der Waals surface area contributed by atoms with Gasteiger partial charge in [-0.25, -0.2) is 0 Å². The minimum Gasteiger partial charge on any atom is -0.478 e. The van der Waals surface area contributed by atoms with Crippen molar-refractivity contribution in [1.82, 2.24) is 9.78 Å². The summed E-state index contributed by atoms with van der Waals surface area (Å²) in [6.07, 6.45) is 1.68. The molecule has 0 aromatic carbocycles. The van der Waals surface area contributed by atoms with Crippen LogP contribution in [0.3, 0.4) is 0 Å². The zero-order chi connectivity index (χ0) is 9.14. The maximum absolute atomic E-state index is 10.7. The van der Waals surface area contributed by atoms with Gasteiger partial charge in [0, 0.05) is 14.0 Å². The van der Waals surface area contributed by atoms with E-state index in [2.05, 4.69) is 10.4 Å². The minimum absolute atomic E-state index is 0.138. The third-order valence-corrected chi connectivity index (χ3v) is 1.30. The standard InChI is InChI=1S/C7H11N3O2/c1-5(11)8-6-4-10(2)9-7(6)12-3/h4H,1-3H3,(H,8,11). The molecule has 0 aliphatic carbocycles. The fraction of sp³-hybridized carbons (Fsp3) is 0.429. The molecule has 1 aromatic rings. The van der Waals surface area contributed by atoms with E-state index in [9.17, 15) is 4.79 Å². The van der Waals surface area contributed by atoms with Crippen molar-refractivity contribution >= 4 is 11.6 Å². The number of nitrogens with one attached hydrogen (secondary N) is 1. The van der Waals surface area contributed by atoms with Crippen LogP contribution in [0.2, 0.25) is 0 Å². The van der Waals surface area contributed by atoms with Crippen LogP contribution in [-0.4, -0.2) is 22.8 Å². The summed E-state index contributed by atoms with van der Waals surface area (Å²) in [4.78, 5) is 10.7. The summed E-state index contributed by atoms with van der Waals surface area (Å²) in [5.74, 6) is 0.286. The first-order chi connectivity index (χ1) is 5.63. The lowest BCUT2D eigenvalue weighted by atomic mass is 10.5. The van der Waals surface area contributed by atoms with E-state index in [1.54, 1.807) is 17.9 Å². The van der Waals surface area contributed by atoms with E-state index in [0.717, 1.165) is 0 Å². The van der Waals surface area contributed by atoms with Crippen molar-refractivity contribution in [3.63, 3.8) is 0 Å². The number of carbonyl (C=O) groups excluding carboxylic acids is 1. The zero-order valence-corrected chi connectivity index (χ0v) is 7.29. The first kappa shape index (κ1) is 8.58. The fourth-order valence-electron chi connectivity index (χ4n) is 0.894. The average molecular weight is 169 g/mol. The summed E-state index contributed by atoms with van der Waals surface area (Å²) < 4.78 is 6.49. The van der Waals surface area contributed by atoms with Crippen LogP contribution < -0.4 is 10.1 Å². The molecule has 1 heterocycles.